The summed E-state index contributed by atoms with van der Waals surface area (Å²) in [6.07, 6.45) is 0.766. The van der Waals surface area contributed by atoms with Gasteiger partial charge in [-0.3, -0.25) is 4.79 Å². The van der Waals surface area contributed by atoms with Crippen LogP contribution in [0.25, 0.3) is 11.5 Å². The molecule has 1 aliphatic rings. The number of ether oxygens (including phenoxy) is 1. The van der Waals surface area contributed by atoms with E-state index in [4.69, 9.17) is 9.26 Å². The zero-order valence-electron chi connectivity index (χ0n) is 14.9. The second-order valence-electron chi connectivity index (χ2n) is 6.41. The Hall–Kier alpha value is -2.51. The third-order valence-corrected chi connectivity index (χ3v) is 5.68. The third-order valence-electron chi connectivity index (χ3n) is 4.56. The van der Waals surface area contributed by atoms with E-state index in [0.717, 1.165) is 38.6 Å². The second kappa shape index (κ2) is 6.66. The van der Waals surface area contributed by atoms with Crippen molar-refractivity contribution in [3.63, 3.8) is 0 Å². The number of amides is 1. The van der Waals surface area contributed by atoms with Crippen molar-refractivity contribution in [1.82, 2.24) is 10.1 Å². The fourth-order valence-electron chi connectivity index (χ4n) is 3.00. The van der Waals surface area contributed by atoms with Crippen molar-refractivity contribution in [1.29, 1.82) is 0 Å². The first kappa shape index (κ1) is 16.9. The lowest BCUT2D eigenvalue weighted by atomic mass is 10.0. The van der Waals surface area contributed by atoms with Gasteiger partial charge in [-0.25, -0.2) is 0 Å². The van der Waals surface area contributed by atoms with Crippen LogP contribution < -0.4 is 5.32 Å². The van der Waals surface area contributed by atoms with Crippen molar-refractivity contribution in [3.05, 3.63) is 51.2 Å². The minimum absolute atomic E-state index is 0.148. The van der Waals surface area contributed by atoms with Crippen LogP contribution in [0.3, 0.4) is 0 Å². The number of hydrogen-bond donors (Lipinski definition) is 1. The van der Waals surface area contributed by atoms with Crippen LogP contribution in [0.4, 0.5) is 5.00 Å². The first-order chi connectivity index (χ1) is 12.5. The molecule has 4 rings (SSSR count). The van der Waals surface area contributed by atoms with Gasteiger partial charge in [0.05, 0.1) is 18.8 Å². The monoisotopic (exact) mass is 369 g/mol. The van der Waals surface area contributed by atoms with Crippen LogP contribution in [0.5, 0.6) is 0 Å². The van der Waals surface area contributed by atoms with Crippen molar-refractivity contribution >= 4 is 22.2 Å². The summed E-state index contributed by atoms with van der Waals surface area (Å²) in [6.45, 7) is 7.00. The van der Waals surface area contributed by atoms with Crippen LogP contribution in [0.15, 0.2) is 22.7 Å². The molecule has 1 N–H and O–H groups in total. The molecule has 3 heterocycles. The van der Waals surface area contributed by atoms with Crippen LogP contribution in [0, 0.1) is 20.8 Å². The lowest BCUT2D eigenvalue weighted by Crippen LogP contribution is -2.12. The quantitative estimate of drug-likeness (QED) is 0.754. The molecular weight excluding hydrogens is 350 g/mol. The molecule has 0 bridgehead atoms. The maximum Gasteiger partial charge on any atom is 0.261 e. The molecule has 0 unspecified atom stereocenters. The number of rotatable bonds is 3. The number of benzene rings is 1. The van der Waals surface area contributed by atoms with E-state index >= 15 is 0 Å². The van der Waals surface area contributed by atoms with Gasteiger partial charge >= 0.3 is 0 Å². The molecule has 7 heteroatoms. The van der Waals surface area contributed by atoms with Gasteiger partial charge in [0.25, 0.3) is 11.8 Å². The van der Waals surface area contributed by atoms with Gasteiger partial charge in [-0.05, 0) is 56.0 Å². The molecule has 0 atom stereocenters. The van der Waals surface area contributed by atoms with E-state index < -0.39 is 0 Å². The van der Waals surface area contributed by atoms with Crippen molar-refractivity contribution in [2.24, 2.45) is 0 Å². The molecule has 3 aromatic rings. The van der Waals surface area contributed by atoms with Gasteiger partial charge in [-0.15, -0.1) is 11.3 Å². The fraction of sp³-hybridized carbons (Fsp3) is 0.316. The maximum atomic E-state index is 12.8. The molecule has 1 amide bonds. The largest absolute Gasteiger partial charge is 0.376 e. The first-order valence-electron chi connectivity index (χ1n) is 8.44. The lowest BCUT2D eigenvalue weighted by molar-refractivity contribution is 0.102. The van der Waals surface area contributed by atoms with Crippen molar-refractivity contribution in [2.45, 2.75) is 33.8 Å². The number of aromatic nitrogens is 2. The topological polar surface area (TPSA) is 77.2 Å². The van der Waals surface area contributed by atoms with Crippen molar-refractivity contribution < 1.29 is 14.1 Å². The Bertz CT molecular complexity index is 990. The number of fused-ring (bicyclic) bond motifs is 1. The van der Waals surface area contributed by atoms with Gasteiger partial charge in [0.2, 0.25) is 0 Å². The predicted octanol–water partition coefficient (Wildman–Crippen LogP) is 4.05. The van der Waals surface area contributed by atoms with E-state index in [1.54, 1.807) is 6.92 Å². The van der Waals surface area contributed by atoms with Crippen LogP contribution in [0.1, 0.15) is 37.7 Å². The average Bonchev–Trinajstić information content (AvgIpc) is 3.20. The molecule has 26 heavy (non-hydrogen) atoms. The number of carbonyl (C=O) groups is 1. The van der Waals surface area contributed by atoms with Crippen LogP contribution in [-0.4, -0.2) is 22.7 Å². The minimum Gasteiger partial charge on any atom is -0.376 e. The van der Waals surface area contributed by atoms with E-state index in [0.29, 0.717) is 30.5 Å². The molecule has 1 aliphatic heterocycles. The smallest absolute Gasteiger partial charge is 0.261 e. The molecule has 0 saturated heterocycles. The Morgan fingerprint density at radius 3 is 2.81 bits per heavy atom. The molecule has 2 aromatic heterocycles. The van der Waals surface area contributed by atoms with E-state index in [1.165, 1.54) is 11.3 Å². The van der Waals surface area contributed by atoms with Crippen LogP contribution in [-0.2, 0) is 17.8 Å². The molecule has 0 saturated carbocycles. The van der Waals surface area contributed by atoms with E-state index in [1.807, 2.05) is 32.0 Å². The highest BCUT2D eigenvalue weighted by Crippen LogP contribution is 2.42. The van der Waals surface area contributed by atoms with E-state index in [9.17, 15) is 4.79 Å². The lowest BCUT2D eigenvalue weighted by Gasteiger charge is -2.12. The molecule has 0 aliphatic carbocycles. The zero-order valence-corrected chi connectivity index (χ0v) is 15.7. The number of hydrogen-bond acceptors (Lipinski definition) is 6. The molecule has 0 spiro atoms. The van der Waals surface area contributed by atoms with Crippen LogP contribution in [0.2, 0.25) is 0 Å². The Balaban J connectivity index is 1.72. The third kappa shape index (κ3) is 3.04. The normalized spacial score (nSPS) is 13.5. The first-order valence-corrected chi connectivity index (χ1v) is 9.26. The van der Waals surface area contributed by atoms with Gasteiger partial charge in [0.1, 0.15) is 5.00 Å². The summed E-state index contributed by atoms with van der Waals surface area (Å²) < 4.78 is 10.9. The second-order valence-corrected chi connectivity index (χ2v) is 7.52. The zero-order chi connectivity index (χ0) is 18.3. The number of nitrogens with one attached hydrogen (secondary N) is 1. The number of nitrogens with zero attached hydrogens (tertiary/aromatic N) is 2. The standard InChI is InChI=1S/C19H19N3O3S/c1-10-4-5-13(8-11(10)2)17(23)21-19-16(18-20-12(3)22-25-18)14-6-7-24-9-15(14)26-19/h4-5,8H,6-7,9H2,1-3H3,(H,21,23). The number of thiophene rings is 1. The summed E-state index contributed by atoms with van der Waals surface area (Å²) in [7, 11) is 0. The SMILES string of the molecule is Cc1noc(-c2c(NC(=O)c3ccc(C)c(C)c3)sc3c2CCOC3)n1. The van der Waals surface area contributed by atoms with Gasteiger partial charge in [-0.1, -0.05) is 11.2 Å². The van der Waals surface area contributed by atoms with E-state index in [2.05, 4.69) is 15.5 Å². The molecule has 0 fully saturated rings. The molecule has 6 nitrogen and oxygen atoms in total. The van der Waals surface area contributed by atoms with Gasteiger partial charge in [-0.2, -0.15) is 4.98 Å². The molecule has 1 aromatic carbocycles. The highest BCUT2D eigenvalue weighted by Gasteiger charge is 2.27. The summed E-state index contributed by atoms with van der Waals surface area (Å²) in [6, 6.07) is 5.70. The van der Waals surface area contributed by atoms with Gasteiger partial charge < -0.3 is 14.6 Å². The fourth-order valence-corrected chi connectivity index (χ4v) is 4.18. The summed E-state index contributed by atoms with van der Waals surface area (Å²) in [5.41, 5.74) is 4.83. The summed E-state index contributed by atoms with van der Waals surface area (Å²) in [4.78, 5) is 18.2. The van der Waals surface area contributed by atoms with Crippen LogP contribution >= 0.6 is 11.3 Å². The average molecular weight is 369 g/mol. The summed E-state index contributed by atoms with van der Waals surface area (Å²) >= 11 is 1.51. The highest BCUT2D eigenvalue weighted by atomic mass is 32.1. The summed E-state index contributed by atoms with van der Waals surface area (Å²) in [5.74, 6) is 0.862. The van der Waals surface area contributed by atoms with Gasteiger partial charge in [0.15, 0.2) is 5.82 Å². The van der Waals surface area contributed by atoms with Gasteiger partial charge in [0, 0.05) is 10.4 Å². The Morgan fingerprint density at radius 1 is 1.23 bits per heavy atom. The Labute approximate surface area is 155 Å². The van der Waals surface area contributed by atoms with Crippen molar-refractivity contribution in [3.8, 4) is 11.5 Å². The minimum atomic E-state index is -0.148. The maximum absolute atomic E-state index is 12.8. The number of carbonyl (C=O) groups excluding carboxylic acids is 1. The Morgan fingerprint density at radius 2 is 2.08 bits per heavy atom. The predicted molar refractivity (Wildman–Crippen MR) is 99.6 cm³/mol. The van der Waals surface area contributed by atoms with E-state index in [-0.39, 0.29) is 5.91 Å². The Kier molecular flexibility index (Phi) is 4.34. The molecule has 0 radical (unpaired) electrons. The number of anilines is 1. The highest BCUT2D eigenvalue weighted by molar-refractivity contribution is 7.17. The number of aryl methyl sites for hydroxylation is 3. The molecular formula is C19H19N3O3S. The molecule has 134 valence electrons. The summed E-state index contributed by atoms with van der Waals surface area (Å²) in [5, 5.41) is 7.66. The van der Waals surface area contributed by atoms with Crippen molar-refractivity contribution in [2.75, 3.05) is 11.9 Å².